The highest BCUT2D eigenvalue weighted by Crippen LogP contribution is 2.43. The second-order valence-electron chi connectivity index (χ2n) is 6.06. The number of benzene rings is 1. The van der Waals surface area contributed by atoms with Crippen molar-refractivity contribution in [3.05, 3.63) is 35.9 Å². The van der Waals surface area contributed by atoms with Crippen LogP contribution < -0.4 is 0 Å². The highest BCUT2D eigenvalue weighted by molar-refractivity contribution is 5.25. The number of rotatable bonds is 1. The van der Waals surface area contributed by atoms with Gasteiger partial charge < -0.3 is 10.0 Å². The number of nitrogens with zero attached hydrogens (tertiary/aromatic N) is 1. The van der Waals surface area contributed by atoms with Crippen LogP contribution in [0.2, 0.25) is 0 Å². The Balaban J connectivity index is 2.37. The number of piperidine rings is 1. The van der Waals surface area contributed by atoms with Gasteiger partial charge in [0.25, 0.3) is 0 Å². The normalized spacial score (nSPS) is 33.6. The summed E-state index contributed by atoms with van der Waals surface area (Å²) >= 11 is 0. The molecule has 0 bridgehead atoms. The van der Waals surface area contributed by atoms with Crippen molar-refractivity contribution in [2.45, 2.75) is 38.3 Å². The van der Waals surface area contributed by atoms with Gasteiger partial charge in [-0.05, 0) is 32.9 Å². The van der Waals surface area contributed by atoms with Crippen molar-refractivity contribution < 1.29 is 5.11 Å². The third-order valence-corrected chi connectivity index (χ3v) is 4.37. The molecular formula is C15H23NO. The third-order valence-electron chi connectivity index (χ3n) is 4.37. The largest absolute Gasteiger partial charge is 0.385 e. The van der Waals surface area contributed by atoms with Gasteiger partial charge in [-0.3, -0.25) is 0 Å². The summed E-state index contributed by atoms with van der Waals surface area (Å²) in [6.07, 6.45) is 0.779. The lowest BCUT2D eigenvalue weighted by atomic mass is 9.70. The first-order chi connectivity index (χ1) is 7.86. The number of likely N-dealkylation sites (tertiary alicyclic amines) is 1. The van der Waals surface area contributed by atoms with Crippen molar-refractivity contribution in [2.75, 3.05) is 13.6 Å². The molecule has 1 N–H and O–H groups in total. The van der Waals surface area contributed by atoms with E-state index in [1.807, 2.05) is 30.3 Å². The average molecular weight is 233 g/mol. The first-order valence-electron chi connectivity index (χ1n) is 6.35. The van der Waals surface area contributed by atoms with Crippen LogP contribution in [0.1, 0.15) is 32.8 Å². The van der Waals surface area contributed by atoms with Crippen LogP contribution >= 0.6 is 0 Å². The standard InChI is InChI=1S/C15H23NO/c1-12-10-16(4)14(2,3)11-15(12,17)13-8-6-5-7-9-13/h5-9,12,17H,10-11H2,1-4H3/t12-,15+/m0/s1. The Kier molecular flexibility index (Phi) is 3.04. The zero-order valence-corrected chi connectivity index (χ0v) is 11.3. The maximum absolute atomic E-state index is 11.0. The quantitative estimate of drug-likeness (QED) is 0.806. The van der Waals surface area contributed by atoms with Crippen molar-refractivity contribution in [3.8, 4) is 0 Å². The Morgan fingerprint density at radius 3 is 2.41 bits per heavy atom. The summed E-state index contributed by atoms with van der Waals surface area (Å²) in [5.41, 5.74) is 0.391. The van der Waals surface area contributed by atoms with Gasteiger partial charge in [0.05, 0.1) is 5.60 Å². The molecule has 0 saturated carbocycles. The molecule has 1 saturated heterocycles. The van der Waals surface area contributed by atoms with E-state index in [0.29, 0.717) is 0 Å². The molecule has 1 aromatic rings. The van der Waals surface area contributed by atoms with Crippen LogP contribution in [0.5, 0.6) is 0 Å². The molecule has 0 aliphatic carbocycles. The van der Waals surface area contributed by atoms with Gasteiger partial charge in [0.1, 0.15) is 0 Å². The molecule has 94 valence electrons. The summed E-state index contributed by atoms with van der Waals surface area (Å²) in [6, 6.07) is 10.1. The van der Waals surface area contributed by atoms with E-state index in [0.717, 1.165) is 18.5 Å². The van der Waals surface area contributed by atoms with E-state index in [1.54, 1.807) is 0 Å². The number of hydrogen-bond acceptors (Lipinski definition) is 2. The van der Waals surface area contributed by atoms with Crippen LogP contribution in [0.3, 0.4) is 0 Å². The molecule has 0 unspecified atom stereocenters. The molecule has 1 fully saturated rings. The van der Waals surface area contributed by atoms with Crippen molar-refractivity contribution in [3.63, 3.8) is 0 Å². The van der Waals surface area contributed by atoms with E-state index in [4.69, 9.17) is 0 Å². The van der Waals surface area contributed by atoms with Crippen LogP contribution in [0.4, 0.5) is 0 Å². The van der Waals surface area contributed by atoms with Crippen LogP contribution in [0, 0.1) is 5.92 Å². The summed E-state index contributed by atoms with van der Waals surface area (Å²) < 4.78 is 0. The van der Waals surface area contributed by atoms with Crippen molar-refractivity contribution in [1.82, 2.24) is 4.90 Å². The molecule has 17 heavy (non-hydrogen) atoms. The summed E-state index contributed by atoms with van der Waals surface area (Å²) in [4.78, 5) is 2.34. The van der Waals surface area contributed by atoms with E-state index >= 15 is 0 Å². The number of hydrogen-bond donors (Lipinski definition) is 1. The Bertz CT molecular complexity index is 387. The fourth-order valence-corrected chi connectivity index (χ4v) is 2.89. The fraction of sp³-hybridized carbons (Fsp3) is 0.600. The molecule has 2 atom stereocenters. The molecule has 1 aliphatic heterocycles. The fourth-order valence-electron chi connectivity index (χ4n) is 2.89. The summed E-state index contributed by atoms with van der Waals surface area (Å²) in [7, 11) is 2.14. The summed E-state index contributed by atoms with van der Waals surface area (Å²) in [5.74, 6) is 0.253. The topological polar surface area (TPSA) is 23.5 Å². The van der Waals surface area contributed by atoms with Gasteiger partial charge in [-0.1, -0.05) is 37.3 Å². The molecule has 2 rings (SSSR count). The molecule has 2 nitrogen and oxygen atoms in total. The van der Waals surface area contributed by atoms with Crippen LogP contribution in [-0.2, 0) is 5.60 Å². The lowest BCUT2D eigenvalue weighted by molar-refractivity contribution is -0.112. The molecule has 0 spiro atoms. The first kappa shape index (κ1) is 12.6. The SMILES string of the molecule is C[C@H]1CN(C)C(C)(C)C[C@]1(O)c1ccccc1. The van der Waals surface area contributed by atoms with Gasteiger partial charge in [0.15, 0.2) is 0 Å². The highest BCUT2D eigenvalue weighted by Gasteiger charge is 2.46. The molecule has 1 aromatic carbocycles. The second kappa shape index (κ2) is 4.11. The monoisotopic (exact) mass is 233 g/mol. The van der Waals surface area contributed by atoms with Gasteiger partial charge >= 0.3 is 0 Å². The lowest BCUT2D eigenvalue weighted by Gasteiger charge is -2.51. The highest BCUT2D eigenvalue weighted by atomic mass is 16.3. The van der Waals surface area contributed by atoms with E-state index in [-0.39, 0.29) is 11.5 Å². The predicted molar refractivity (Wildman–Crippen MR) is 70.8 cm³/mol. The average Bonchev–Trinajstić information content (AvgIpc) is 2.27. The zero-order chi connectivity index (χ0) is 12.7. The Morgan fingerprint density at radius 1 is 1.24 bits per heavy atom. The first-order valence-corrected chi connectivity index (χ1v) is 6.35. The van der Waals surface area contributed by atoms with E-state index in [2.05, 4.69) is 32.7 Å². The van der Waals surface area contributed by atoms with E-state index in [9.17, 15) is 5.11 Å². The maximum Gasteiger partial charge on any atom is 0.0951 e. The maximum atomic E-state index is 11.0. The Labute approximate surface area is 104 Å². The minimum atomic E-state index is -0.697. The molecule has 1 aliphatic rings. The molecule has 1 heterocycles. The predicted octanol–water partition coefficient (Wildman–Crippen LogP) is 2.62. The van der Waals surface area contributed by atoms with Gasteiger partial charge in [-0.2, -0.15) is 0 Å². The van der Waals surface area contributed by atoms with Gasteiger partial charge in [-0.25, -0.2) is 0 Å². The summed E-state index contributed by atoms with van der Waals surface area (Å²) in [5, 5.41) is 11.0. The van der Waals surface area contributed by atoms with Gasteiger partial charge in [-0.15, -0.1) is 0 Å². The third kappa shape index (κ3) is 2.12. The smallest absolute Gasteiger partial charge is 0.0951 e. The van der Waals surface area contributed by atoms with Crippen molar-refractivity contribution in [2.24, 2.45) is 5.92 Å². The molecule has 0 radical (unpaired) electrons. The van der Waals surface area contributed by atoms with Crippen LogP contribution in [0.15, 0.2) is 30.3 Å². The lowest BCUT2D eigenvalue weighted by Crippen LogP contribution is -2.57. The van der Waals surface area contributed by atoms with Crippen LogP contribution in [0.25, 0.3) is 0 Å². The van der Waals surface area contributed by atoms with Gasteiger partial charge in [0, 0.05) is 18.0 Å². The van der Waals surface area contributed by atoms with Crippen LogP contribution in [-0.4, -0.2) is 29.1 Å². The molecule has 2 heteroatoms. The Hall–Kier alpha value is -0.860. The molecule has 0 amide bonds. The zero-order valence-electron chi connectivity index (χ0n) is 11.3. The molecule has 0 aromatic heterocycles. The summed E-state index contributed by atoms with van der Waals surface area (Å²) in [6.45, 7) is 7.47. The Morgan fingerprint density at radius 2 is 1.82 bits per heavy atom. The van der Waals surface area contributed by atoms with Crippen molar-refractivity contribution >= 4 is 0 Å². The minimum absolute atomic E-state index is 0.0388. The van der Waals surface area contributed by atoms with E-state index in [1.165, 1.54) is 0 Å². The molecular weight excluding hydrogens is 210 g/mol. The second-order valence-corrected chi connectivity index (χ2v) is 6.06. The minimum Gasteiger partial charge on any atom is -0.385 e. The van der Waals surface area contributed by atoms with Gasteiger partial charge in [0.2, 0.25) is 0 Å². The number of aliphatic hydroxyl groups is 1. The van der Waals surface area contributed by atoms with Crippen molar-refractivity contribution in [1.29, 1.82) is 0 Å². The van der Waals surface area contributed by atoms with E-state index < -0.39 is 5.60 Å².